The van der Waals surface area contributed by atoms with E-state index in [9.17, 15) is 4.79 Å². The van der Waals surface area contributed by atoms with E-state index in [1.54, 1.807) is 11.8 Å². The van der Waals surface area contributed by atoms with Crippen LogP contribution in [0.15, 0.2) is 46.7 Å². The van der Waals surface area contributed by atoms with Gasteiger partial charge in [0.25, 0.3) is 5.24 Å². The monoisotopic (exact) mass is 268 g/mol. The van der Waals surface area contributed by atoms with Crippen LogP contribution in [0.4, 0.5) is 0 Å². The van der Waals surface area contributed by atoms with Gasteiger partial charge in [-0.2, -0.15) is 0 Å². The molecule has 0 aliphatic carbocycles. The molecule has 82 valence electrons. The molecule has 0 spiro atoms. The number of benzene rings is 1. The molecule has 1 nitrogen and oxygen atoms in total. The van der Waals surface area contributed by atoms with E-state index in [1.807, 2.05) is 29.6 Å². The Morgan fingerprint density at radius 3 is 2.69 bits per heavy atom. The average Bonchev–Trinajstić information content (AvgIpc) is 2.76. The molecular formula is C12H9ClOS2. The number of thioether (sulfide) groups is 1. The van der Waals surface area contributed by atoms with E-state index in [0.29, 0.717) is 4.88 Å². The van der Waals surface area contributed by atoms with Gasteiger partial charge in [0, 0.05) is 10.6 Å². The van der Waals surface area contributed by atoms with Crippen LogP contribution in [0.1, 0.15) is 15.2 Å². The molecule has 0 amide bonds. The number of carbonyl (C=O) groups excluding carboxylic acids is 1. The van der Waals surface area contributed by atoms with Crippen molar-refractivity contribution in [2.24, 2.45) is 0 Å². The van der Waals surface area contributed by atoms with Crippen LogP contribution in [0.3, 0.4) is 0 Å². The minimum Gasteiger partial charge on any atom is -0.275 e. The molecule has 0 N–H and O–H groups in total. The molecule has 0 saturated carbocycles. The van der Waals surface area contributed by atoms with E-state index in [0.717, 1.165) is 10.6 Å². The van der Waals surface area contributed by atoms with Crippen molar-refractivity contribution < 1.29 is 4.79 Å². The third-order valence-corrected chi connectivity index (χ3v) is 4.52. The quantitative estimate of drug-likeness (QED) is 0.603. The van der Waals surface area contributed by atoms with Crippen LogP contribution < -0.4 is 0 Å². The van der Waals surface area contributed by atoms with Crippen LogP contribution in [0.5, 0.6) is 0 Å². The molecule has 16 heavy (non-hydrogen) atoms. The van der Waals surface area contributed by atoms with Crippen molar-refractivity contribution in [3.05, 3.63) is 52.2 Å². The van der Waals surface area contributed by atoms with Gasteiger partial charge in [-0.1, -0.05) is 30.3 Å². The SMILES string of the molecule is O=C(Cl)c1sccc1SCc1ccccc1. The molecule has 0 aliphatic rings. The summed E-state index contributed by atoms with van der Waals surface area (Å²) < 4.78 is 0. The highest BCUT2D eigenvalue weighted by Crippen LogP contribution is 2.31. The third kappa shape index (κ3) is 2.88. The topological polar surface area (TPSA) is 17.1 Å². The van der Waals surface area contributed by atoms with Gasteiger partial charge < -0.3 is 0 Å². The Labute approximate surface area is 107 Å². The highest BCUT2D eigenvalue weighted by Gasteiger charge is 2.10. The highest BCUT2D eigenvalue weighted by molar-refractivity contribution is 7.98. The van der Waals surface area contributed by atoms with E-state index in [2.05, 4.69) is 12.1 Å². The lowest BCUT2D eigenvalue weighted by atomic mass is 10.2. The fourth-order valence-corrected chi connectivity index (χ4v) is 3.51. The predicted molar refractivity (Wildman–Crippen MR) is 70.5 cm³/mol. The van der Waals surface area contributed by atoms with Gasteiger partial charge in [0.05, 0.1) is 0 Å². The summed E-state index contributed by atoms with van der Waals surface area (Å²) in [4.78, 5) is 12.7. The molecule has 0 atom stereocenters. The summed E-state index contributed by atoms with van der Waals surface area (Å²) in [5.41, 5.74) is 1.24. The van der Waals surface area contributed by atoms with Gasteiger partial charge in [-0.05, 0) is 28.6 Å². The molecule has 1 aromatic carbocycles. The standard InChI is InChI=1S/C12H9ClOS2/c13-12(14)11-10(6-7-15-11)16-8-9-4-2-1-3-5-9/h1-7H,8H2. The summed E-state index contributed by atoms with van der Waals surface area (Å²) in [6, 6.07) is 12.1. The van der Waals surface area contributed by atoms with Crippen LogP contribution >= 0.6 is 34.7 Å². The van der Waals surface area contributed by atoms with Crippen molar-refractivity contribution >= 4 is 39.9 Å². The molecule has 0 aliphatic heterocycles. The van der Waals surface area contributed by atoms with Crippen LogP contribution in [-0.2, 0) is 5.75 Å². The third-order valence-electron chi connectivity index (χ3n) is 2.04. The number of thiophene rings is 1. The highest BCUT2D eigenvalue weighted by atomic mass is 35.5. The smallest absolute Gasteiger partial charge is 0.263 e. The zero-order valence-electron chi connectivity index (χ0n) is 8.35. The Morgan fingerprint density at radius 2 is 2.00 bits per heavy atom. The Morgan fingerprint density at radius 1 is 1.25 bits per heavy atom. The molecule has 0 bridgehead atoms. The fourth-order valence-electron chi connectivity index (χ4n) is 1.29. The van der Waals surface area contributed by atoms with Gasteiger partial charge in [-0.15, -0.1) is 23.1 Å². The maximum atomic E-state index is 11.1. The minimum atomic E-state index is -0.370. The first-order valence-electron chi connectivity index (χ1n) is 4.71. The van der Waals surface area contributed by atoms with Gasteiger partial charge >= 0.3 is 0 Å². The van der Waals surface area contributed by atoms with Crippen molar-refractivity contribution in [1.29, 1.82) is 0 Å². The molecule has 1 heterocycles. The second-order valence-electron chi connectivity index (χ2n) is 3.16. The second kappa shape index (κ2) is 5.53. The molecule has 4 heteroatoms. The maximum Gasteiger partial charge on any atom is 0.263 e. The first-order chi connectivity index (χ1) is 7.77. The summed E-state index contributed by atoms with van der Waals surface area (Å²) in [5.74, 6) is 0.856. The summed E-state index contributed by atoms with van der Waals surface area (Å²) in [5, 5.41) is 1.52. The van der Waals surface area contributed by atoms with Crippen molar-refractivity contribution in [3.8, 4) is 0 Å². The number of carbonyl (C=O) groups is 1. The number of hydrogen-bond donors (Lipinski definition) is 0. The van der Waals surface area contributed by atoms with Crippen molar-refractivity contribution in [1.82, 2.24) is 0 Å². The molecule has 2 aromatic rings. The van der Waals surface area contributed by atoms with Crippen LogP contribution in [0, 0.1) is 0 Å². The number of hydrogen-bond acceptors (Lipinski definition) is 3. The van der Waals surface area contributed by atoms with Gasteiger partial charge in [0.2, 0.25) is 0 Å². The second-order valence-corrected chi connectivity index (χ2v) is 5.44. The Bertz CT molecular complexity index is 479. The molecule has 0 saturated heterocycles. The van der Waals surface area contributed by atoms with Crippen molar-refractivity contribution in [2.45, 2.75) is 10.6 Å². The first kappa shape index (κ1) is 11.7. The molecular weight excluding hydrogens is 260 g/mol. The van der Waals surface area contributed by atoms with E-state index in [4.69, 9.17) is 11.6 Å². The van der Waals surface area contributed by atoms with Crippen LogP contribution in [0.25, 0.3) is 0 Å². The molecule has 1 aromatic heterocycles. The summed E-state index contributed by atoms with van der Waals surface area (Å²) in [6.07, 6.45) is 0. The van der Waals surface area contributed by atoms with Gasteiger partial charge in [-0.25, -0.2) is 0 Å². The van der Waals surface area contributed by atoms with Crippen molar-refractivity contribution in [2.75, 3.05) is 0 Å². The van der Waals surface area contributed by atoms with E-state index < -0.39 is 0 Å². The Hall–Kier alpha value is -0.770. The normalized spacial score (nSPS) is 10.3. The lowest BCUT2D eigenvalue weighted by Gasteiger charge is -2.00. The Kier molecular flexibility index (Phi) is 4.04. The van der Waals surface area contributed by atoms with E-state index >= 15 is 0 Å². The molecule has 2 rings (SSSR count). The largest absolute Gasteiger partial charge is 0.275 e. The Balaban J connectivity index is 2.05. The maximum absolute atomic E-state index is 11.1. The average molecular weight is 269 g/mol. The van der Waals surface area contributed by atoms with Gasteiger partial charge in [-0.3, -0.25) is 4.79 Å². The first-order valence-corrected chi connectivity index (χ1v) is 6.96. The number of rotatable bonds is 4. The fraction of sp³-hybridized carbons (Fsp3) is 0.0833. The van der Waals surface area contributed by atoms with E-state index in [-0.39, 0.29) is 5.24 Å². The van der Waals surface area contributed by atoms with Crippen molar-refractivity contribution in [3.63, 3.8) is 0 Å². The predicted octanol–water partition coefficient (Wildman–Crippen LogP) is 4.42. The summed E-state index contributed by atoms with van der Waals surface area (Å²) in [7, 11) is 0. The van der Waals surface area contributed by atoms with Gasteiger partial charge in [0.1, 0.15) is 4.88 Å². The van der Waals surface area contributed by atoms with Crippen LogP contribution in [0.2, 0.25) is 0 Å². The molecule has 0 unspecified atom stereocenters. The zero-order valence-corrected chi connectivity index (χ0v) is 10.7. The number of halogens is 1. The van der Waals surface area contributed by atoms with Crippen LogP contribution in [-0.4, -0.2) is 5.24 Å². The van der Waals surface area contributed by atoms with Gasteiger partial charge in [0.15, 0.2) is 0 Å². The lowest BCUT2D eigenvalue weighted by molar-refractivity contribution is 0.108. The molecule has 0 fully saturated rings. The zero-order chi connectivity index (χ0) is 11.4. The lowest BCUT2D eigenvalue weighted by Crippen LogP contribution is -1.86. The summed E-state index contributed by atoms with van der Waals surface area (Å²) in [6.45, 7) is 0. The minimum absolute atomic E-state index is 0.370. The summed E-state index contributed by atoms with van der Waals surface area (Å²) >= 11 is 8.52. The molecule has 0 radical (unpaired) electrons. The van der Waals surface area contributed by atoms with E-state index in [1.165, 1.54) is 16.9 Å².